The maximum absolute atomic E-state index is 14.1. The summed E-state index contributed by atoms with van der Waals surface area (Å²) in [5.41, 5.74) is 0. The SMILES string of the molecule is CCCN1CC=C[C@@H]2S[C@]34C=CCN(CCN5CCOCC5)C(=O)C3N(CCCO)C(=O)[C@@H]4[C@@H]2C1=O. The topological polar surface area (TPSA) is 93.6 Å². The van der Waals surface area contributed by atoms with Crippen molar-refractivity contribution in [3.63, 3.8) is 0 Å². The van der Waals surface area contributed by atoms with Crippen LogP contribution >= 0.6 is 11.8 Å². The normalized spacial score (nSPS) is 34.6. The van der Waals surface area contributed by atoms with E-state index in [2.05, 4.69) is 24.0 Å². The quantitative estimate of drug-likeness (QED) is 0.459. The molecule has 198 valence electrons. The number of nitrogens with zero attached hydrogens (tertiary/aromatic N) is 4. The summed E-state index contributed by atoms with van der Waals surface area (Å²) >= 11 is 1.62. The minimum absolute atomic E-state index is 0.0200. The highest BCUT2D eigenvalue weighted by molar-refractivity contribution is 8.02. The fraction of sp³-hybridized carbons (Fsp3) is 0.731. The molecule has 0 aliphatic carbocycles. The van der Waals surface area contributed by atoms with Gasteiger partial charge in [-0.1, -0.05) is 31.2 Å². The predicted molar refractivity (Wildman–Crippen MR) is 137 cm³/mol. The molecule has 1 N–H and O–H groups in total. The first-order valence-electron chi connectivity index (χ1n) is 13.3. The van der Waals surface area contributed by atoms with Crippen LogP contribution in [0.5, 0.6) is 0 Å². The molecule has 5 aliphatic heterocycles. The van der Waals surface area contributed by atoms with Crippen LogP contribution in [0.2, 0.25) is 0 Å². The van der Waals surface area contributed by atoms with Gasteiger partial charge in [0.1, 0.15) is 6.04 Å². The van der Waals surface area contributed by atoms with Gasteiger partial charge in [0.2, 0.25) is 17.7 Å². The zero-order valence-corrected chi connectivity index (χ0v) is 21.9. The lowest BCUT2D eigenvalue weighted by atomic mass is 9.78. The lowest BCUT2D eigenvalue weighted by molar-refractivity contribution is -0.144. The lowest BCUT2D eigenvalue weighted by Gasteiger charge is -2.36. The smallest absolute Gasteiger partial charge is 0.247 e. The van der Waals surface area contributed by atoms with Gasteiger partial charge in [0.05, 0.1) is 29.8 Å². The molecule has 3 amide bonds. The van der Waals surface area contributed by atoms with Crippen molar-refractivity contribution >= 4 is 29.5 Å². The molecule has 10 heteroatoms. The molecule has 0 aromatic heterocycles. The molecule has 5 heterocycles. The Morgan fingerprint density at radius 1 is 1.00 bits per heavy atom. The second kappa shape index (κ2) is 10.8. The molecule has 5 atom stereocenters. The van der Waals surface area contributed by atoms with E-state index in [9.17, 15) is 19.5 Å². The van der Waals surface area contributed by atoms with E-state index in [0.717, 1.165) is 26.1 Å². The maximum atomic E-state index is 14.1. The Labute approximate surface area is 217 Å². The summed E-state index contributed by atoms with van der Waals surface area (Å²) in [7, 11) is 0. The zero-order chi connectivity index (χ0) is 25.3. The molecule has 0 radical (unpaired) electrons. The van der Waals surface area contributed by atoms with Gasteiger partial charge in [-0.05, 0) is 12.8 Å². The van der Waals surface area contributed by atoms with Crippen LogP contribution in [-0.4, -0.2) is 131 Å². The van der Waals surface area contributed by atoms with Gasteiger partial charge in [0.15, 0.2) is 0 Å². The lowest BCUT2D eigenvalue weighted by Crippen LogP contribution is -2.54. The molecule has 36 heavy (non-hydrogen) atoms. The van der Waals surface area contributed by atoms with E-state index < -0.39 is 22.6 Å². The first-order valence-corrected chi connectivity index (χ1v) is 14.2. The van der Waals surface area contributed by atoms with E-state index in [4.69, 9.17) is 4.74 Å². The molecule has 0 bridgehead atoms. The van der Waals surface area contributed by atoms with Gasteiger partial charge in [-0.2, -0.15) is 0 Å². The van der Waals surface area contributed by atoms with Gasteiger partial charge in [0.25, 0.3) is 0 Å². The number of fused-ring (bicyclic) bond motifs is 2. The standard InChI is InChI=1S/C26H38N4O5S/c1-2-8-28-9-3-6-19-20(23(28)32)21-24(33)30(11-5-16-31)22-25(34)29(10-4-7-26(21,22)36-19)13-12-27-14-17-35-18-15-27/h3-4,6-7,19-22,31H,2,5,8-18H2,1H3/t19-,20+,21-,22?,26-/m0/s1. The van der Waals surface area contributed by atoms with Gasteiger partial charge in [-0.3, -0.25) is 19.3 Å². The van der Waals surface area contributed by atoms with Gasteiger partial charge >= 0.3 is 0 Å². The van der Waals surface area contributed by atoms with Crippen LogP contribution in [0, 0.1) is 11.8 Å². The van der Waals surface area contributed by atoms with Crippen LogP contribution in [0.15, 0.2) is 24.3 Å². The Morgan fingerprint density at radius 2 is 1.75 bits per heavy atom. The van der Waals surface area contributed by atoms with E-state index in [0.29, 0.717) is 52.4 Å². The number of ether oxygens (including phenoxy) is 1. The molecule has 0 aromatic rings. The van der Waals surface area contributed by atoms with Crippen LogP contribution in [-0.2, 0) is 19.1 Å². The van der Waals surface area contributed by atoms with Crippen molar-refractivity contribution in [2.45, 2.75) is 35.8 Å². The highest BCUT2D eigenvalue weighted by Gasteiger charge is 2.70. The minimum Gasteiger partial charge on any atom is -0.396 e. The third kappa shape index (κ3) is 4.40. The number of aliphatic hydroxyl groups is 1. The third-order valence-electron chi connectivity index (χ3n) is 8.17. The summed E-state index contributed by atoms with van der Waals surface area (Å²) in [6.45, 7) is 8.52. The fourth-order valence-corrected chi connectivity index (χ4v) is 8.48. The number of morpholine rings is 1. The van der Waals surface area contributed by atoms with Gasteiger partial charge in [0, 0.05) is 64.2 Å². The van der Waals surface area contributed by atoms with Gasteiger partial charge in [-0.15, -0.1) is 11.8 Å². The maximum Gasteiger partial charge on any atom is 0.247 e. The number of aliphatic hydroxyl groups excluding tert-OH is 1. The Kier molecular flexibility index (Phi) is 7.76. The molecule has 3 saturated heterocycles. The molecule has 5 aliphatic rings. The monoisotopic (exact) mass is 518 g/mol. The molecule has 9 nitrogen and oxygen atoms in total. The number of carbonyl (C=O) groups is 3. The minimum atomic E-state index is -0.776. The van der Waals surface area contributed by atoms with Crippen LogP contribution < -0.4 is 0 Å². The van der Waals surface area contributed by atoms with Gasteiger partial charge < -0.3 is 24.5 Å². The Hall–Kier alpha value is -1.88. The van der Waals surface area contributed by atoms with Gasteiger partial charge in [-0.25, -0.2) is 0 Å². The summed E-state index contributed by atoms with van der Waals surface area (Å²) in [5.74, 6) is -1.21. The molecular weight excluding hydrogens is 480 g/mol. The molecule has 1 spiro atoms. The first-order chi connectivity index (χ1) is 17.5. The highest BCUT2D eigenvalue weighted by Crippen LogP contribution is 2.61. The summed E-state index contributed by atoms with van der Waals surface area (Å²) < 4.78 is 4.67. The number of carbonyl (C=O) groups excluding carboxylic acids is 3. The second-order valence-electron chi connectivity index (χ2n) is 10.3. The summed E-state index contributed by atoms with van der Waals surface area (Å²) in [5, 5.41) is 9.40. The van der Waals surface area contributed by atoms with Crippen molar-refractivity contribution in [1.82, 2.24) is 19.6 Å². The Balaban J connectivity index is 1.46. The highest BCUT2D eigenvalue weighted by atomic mass is 32.2. The van der Waals surface area contributed by atoms with Crippen LogP contribution in [0.4, 0.5) is 0 Å². The number of thioether (sulfide) groups is 1. The van der Waals surface area contributed by atoms with E-state index in [1.807, 2.05) is 22.0 Å². The first kappa shape index (κ1) is 25.8. The Morgan fingerprint density at radius 3 is 2.50 bits per heavy atom. The van der Waals surface area contributed by atoms with Crippen LogP contribution in [0.25, 0.3) is 0 Å². The third-order valence-corrected chi connectivity index (χ3v) is 9.91. The van der Waals surface area contributed by atoms with Crippen molar-refractivity contribution in [1.29, 1.82) is 0 Å². The van der Waals surface area contributed by atoms with Crippen molar-refractivity contribution in [3.8, 4) is 0 Å². The molecular formula is C26H38N4O5S. The largest absolute Gasteiger partial charge is 0.396 e. The van der Waals surface area contributed by atoms with Crippen molar-refractivity contribution < 1.29 is 24.2 Å². The molecule has 0 saturated carbocycles. The number of hydrogen-bond donors (Lipinski definition) is 1. The summed E-state index contributed by atoms with van der Waals surface area (Å²) in [6.07, 6.45) is 9.49. The van der Waals surface area contributed by atoms with Crippen molar-refractivity contribution in [2.75, 3.05) is 72.2 Å². The number of likely N-dealkylation sites (tertiary alicyclic amines) is 1. The predicted octanol–water partition coefficient (Wildman–Crippen LogP) is 0.205. The summed E-state index contributed by atoms with van der Waals surface area (Å²) in [6, 6.07) is -0.664. The number of amides is 3. The van der Waals surface area contributed by atoms with E-state index in [1.165, 1.54) is 0 Å². The van der Waals surface area contributed by atoms with Crippen molar-refractivity contribution in [2.24, 2.45) is 11.8 Å². The molecule has 3 fully saturated rings. The second-order valence-corrected chi connectivity index (χ2v) is 11.8. The van der Waals surface area contributed by atoms with Crippen molar-refractivity contribution in [3.05, 3.63) is 24.3 Å². The van der Waals surface area contributed by atoms with Crippen LogP contribution in [0.1, 0.15) is 19.8 Å². The van der Waals surface area contributed by atoms with E-state index in [1.54, 1.807) is 16.7 Å². The number of hydrogen-bond acceptors (Lipinski definition) is 7. The zero-order valence-electron chi connectivity index (χ0n) is 21.1. The fourth-order valence-electron chi connectivity index (χ4n) is 6.48. The average molecular weight is 519 g/mol. The van der Waals surface area contributed by atoms with Crippen LogP contribution in [0.3, 0.4) is 0 Å². The Bertz CT molecular complexity index is 922. The summed E-state index contributed by atoms with van der Waals surface area (Å²) in [4.78, 5) is 49.6. The molecule has 5 rings (SSSR count). The molecule has 0 aromatic carbocycles. The molecule has 1 unspecified atom stereocenters. The number of rotatable bonds is 8. The van der Waals surface area contributed by atoms with E-state index in [-0.39, 0.29) is 29.6 Å². The average Bonchev–Trinajstić information content (AvgIpc) is 3.20. The van der Waals surface area contributed by atoms with E-state index >= 15 is 0 Å².